The zero-order chi connectivity index (χ0) is 20.5. The molecule has 7 nitrogen and oxygen atoms in total. The van der Waals surface area contributed by atoms with E-state index in [9.17, 15) is 13.2 Å². The molecule has 0 amide bonds. The highest BCUT2D eigenvalue weighted by atomic mass is 32.2. The Hall–Kier alpha value is -2.79. The molecule has 1 aliphatic heterocycles. The molecule has 1 saturated heterocycles. The van der Waals surface area contributed by atoms with Crippen LogP contribution in [0, 0.1) is 25.2 Å². The Labute approximate surface area is 164 Å². The van der Waals surface area contributed by atoms with Crippen LogP contribution in [0.1, 0.15) is 39.8 Å². The maximum Gasteiger partial charge on any atom is 0.202 e. The molecule has 1 fully saturated rings. The van der Waals surface area contributed by atoms with Crippen LogP contribution in [0.2, 0.25) is 0 Å². The Morgan fingerprint density at radius 2 is 2.04 bits per heavy atom. The summed E-state index contributed by atoms with van der Waals surface area (Å²) in [5.74, 6) is 0.848. The van der Waals surface area contributed by atoms with Gasteiger partial charge in [0, 0.05) is 29.1 Å². The summed E-state index contributed by atoms with van der Waals surface area (Å²) in [7, 11) is -1.55. The summed E-state index contributed by atoms with van der Waals surface area (Å²) in [6.07, 6.45) is 0.561. The van der Waals surface area contributed by atoms with Gasteiger partial charge >= 0.3 is 0 Å². The Morgan fingerprint density at radius 1 is 1.29 bits per heavy atom. The summed E-state index contributed by atoms with van der Waals surface area (Å²) in [6, 6.07) is 8.40. The van der Waals surface area contributed by atoms with Crippen LogP contribution in [-0.4, -0.2) is 44.0 Å². The van der Waals surface area contributed by atoms with Gasteiger partial charge in [0.05, 0.1) is 30.2 Å². The lowest BCUT2D eigenvalue weighted by molar-refractivity contribution is 0.0918. The molecular weight excluding hydrogens is 380 g/mol. The highest BCUT2D eigenvalue weighted by molar-refractivity contribution is 7.91. The number of sulfone groups is 1. The minimum atomic E-state index is -3.02. The van der Waals surface area contributed by atoms with Gasteiger partial charge in [-0.25, -0.2) is 8.42 Å². The smallest absolute Gasteiger partial charge is 0.202 e. The van der Waals surface area contributed by atoms with E-state index in [-0.39, 0.29) is 29.9 Å². The average Bonchev–Trinajstić information content (AvgIpc) is 3.17. The van der Waals surface area contributed by atoms with Crippen LogP contribution in [0.3, 0.4) is 0 Å². The summed E-state index contributed by atoms with van der Waals surface area (Å²) in [4.78, 5) is 12.7. The molecule has 1 aromatic heterocycles. The normalized spacial score (nSPS) is 17.9. The molecule has 2 heterocycles. The SMILES string of the molecule is COc1cc(C#N)ccc1OCC(=O)c1cc(C)n(C2CCS(=O)(=O)C2)c1C. The fourth-order valence-corrected chi connectivity index (χ4v) is 5.38. The van der Waals surface area contributed by atoms with Gasteiger partial charge in [-0.05, 0) is 38.5 Å². The number of rotatable bonds is 6. The highest BCUT2D eigenvalue weighted by Gasteiger charge is 2.31. The van der Waals surface area contributed by atoms with Crippen LogP contribution in [0.15, 0.2) is 24.3 Å². The van der Waals surface area contributed by atoms with Crippen LogP contribution in [0.5, 0.6) is 11.5 Å². The Morgan fingerprint density at radius 3 is 2.64 bits per heavy atom. The fraction of sp³-hybridized carbons (Fsp3) is 0.400. The molecule has 1 unspecified atom stereocenters. The van der Waals surface area contributed by atoms with Crippen LogP contribution in [-0.2, 0) is 9.84 Å². The van der Waals surface area contributed by atoms with Crippen LogP contribution < -0.4 is 9.47 Å². The third kappa shape index (κ3) is 3.90. The van der Waals surface area contributed by atoms with Crippen molar-refractivity contribution in [1.29, 1.82) is 5.26 Å². The lowest BCUT2D eigenvalue weighted by atomic mass is 10.1. The van der Waals surface area contributed by atoms with E-state index in [0.29, 0.717) is 29.0 Å². The van der Waals surface area contributed by atoms with E-state index < -0.39 is 9.84 Å². The zero-order valence-corrected chi connectivity index (χ0v) is 16.9. The summed E-state index contributed by atoms with van der Waals surface area (Å²) in [5.41, 5.74) is 2.57. The Bertz CT molecular complexity index is 1060. The fourth-order valence-electron chi connectivity index (χ4n) is 3.68. The number of hydrogen-bond acceptors (Lipinski definition) is 6. The summed E-state index contributed by atoms with van der Waals surface area (Å²) in [5, 5.41) is 8.96. The maximum atomic E-state index is 12.7. The first-order valence-corrected chi connectivity index (χ1v) is 10.7. The van der Waals surface area contributed by atoms with Gasteiger partial charge in [0.1, 0.15) is 0 Å². The van der Waals surface area contributed by atoms with Crippen molar-refractivity contribution >= 4 is 15.6 Å². The van der Waals surface area contributed by atoms with Gasteiger partial charge in [0.2, 0.25) is 5.78 Å². The molecule has 0 spiro atoms. The molecule has 0 saturated carbocycles. The van der Waals surface area contributed by atoms with E-state index in [4.69, 9.17) is 14.7 Å². The molecule has 148 valence electrons. The van der Waals surface area contributed by atoms with Crippen LogP contribution >= 0.6 is 0 Å². The van der Waals surface area contributed by atoms with Crippen molar-refractivity contribution in [2.45, 2.75) is 26.3 Å². The van der Waals surface area contributed by atoms with E-state index in [1.165, 1.54) is 7.11 Å². The van der Waals surface area contributed by atoms with Crippen molar-refractivity contribution in [3.63, 3.8) is 0 Å². The number of methoxy groups -OCH3 is 1. The molecule has 0 aliphatic carbocycles. The molecule has 2 aromatic rings. The number of hydrogen-bond donors (Lipinski definition) is 0. The molecule has 0 N–H and O–H groups in total. The summed E-state index contributed by atoms with van der Waals surface area (Å²) < 4.78 is 36.4. The number of aryl methyl sites for hydroxylation is 1. The summed E-state index contributed by atoms with van der Waals surface area (Å²) >= 11 is 0. The molecule has 1 aromatic carbocycles. The van der Waals surface area contributed by atoms with E-state index in [1.54, 1.807) is 24.3 Å². The topological polar surface area (TPSA) is 98.4 Å². The monoisotopic (exact) mass is 402 g/mol. The predicted octanol–water partition coefficient (Wildman–Crippen LogP) is 2.61. The molecule has 0 radical (unpaired) electrons. The number of ether oxygens (including phenoxy) is 2. The van der Waals surface area contributed by atoms with Crippen LogP contribution in [0.4, 0.5) is 0 Å². The molecule has 3 rings (SSSR count). The second kappa shape index (κ2) is 7.68. The Balaban J connectivity index is 1.77. The zero-order valence-electron chi connectivity index (χ0n) is 16.1. The van der Waals surface area contributed by atoms with E-state index in [0.717, 1.165) is 11.4 Å². The number of Topliss-reactive ketones (excluding diaryl/α,β-unsaturated/α-hetero) is 1. The third-order valence-corrected chi connectivity index (χ3v) is 6.76. The van der Waals surface area contributed by atoms with Crippen molar-refractivity contribution in [2.24, 2.45) is 0 Å². The lowest BCUT2D eigenvalue weighted by Crippen LogP contribution is -2.16. The molecular formula is C20H22N2O5S. The van der Waals surface area contributed by atoms with Gasteiger partial charge in [-0.1, -0.05) is 0 Å². The first-order valence-electron chi connectivity index (χ1n) is 8.88. The average molecular weight is 402 g/mol. The van der Waals surface area contributed by atoms with Crippen molar-refractivity contribution in [3.8, 4) is 17.6 Å². The van der Waals surface area contributed by atoms with Gasteiger partial charge in [0.15, 0.2) is 27.9 Å². The molecule has 8 heteroatoms. The van der Waals surface area contributed by atoms with Gasteiger partial charge in [0.25, 0.3) is 0 Å². The minimum Gasteiger partial charge on any atom is -0.493 e. The first-order chi connectivity index (χ1) is 13.3. The molecule has 0 bridgehead atoms. The third-order valence-electron chi connectivity index (χ3n) is 5.01. The van der Waals surface area contributed by atoms with E-state index in [1.807, 2.05) is 24.5 Å². The van der Waals surface area contributed by atoms with E-state index >= 15 is 0 Å². The lowest BCUT2D eigenvalue weighted by Gasteiger charge is -2.16. The molecule has 1 aliphatic rings. The maximum absolute atomic E-state index is 12.7. The number of carbonyl (C=O) groups is 1. The number of carbonyl (C=O) groups excluding carboxylic acids is 1. The second-order valence-electron chi connectivity index (χ2n) is 6.90. The van der Waals surface area contributed by atoms with Crippen molar-refractivity contribution < 1.29 is 22.7 Å². The number of nitriles is 1. The van der Waals surface area contributed by atoms with Gasteiger partial charge in [-0.3, -0.25) is 4.79 Å². The number of benzene rings is 1. The van der Waals surface area contributed by atoms with Crippen LogP contribution in [0.25, 0.3) is 0 Å². The largest absolute Gasteiger partial charge is 0.493 e. The van der Waals surface area contributed by atoms with E-state index in [2.05, 4.69) is 0 Å². The summed E-state index contributed by atoms with van der Waals surface area (Å²) in [6.45, 7) is 3.52. The highest BCUT2D eigenvalue weighted by Crippen LogP contribution is 2.30. The standard InChI is InChI=1S/C20H22N2O5S/c1-13-8-17(14(2)22(13)16-6-7-28(24,25)12-16)18(23)11-27-19-5-4-15(10-21)9-20(19)26-3/h4-5,8-9,16H,6-7,11-12H2,1-3H3. The predicted molar refractivity (Wildman–Crippen MR) is 104 cm³/mol. The van der Waals surface area contributed by atoms with Gasteiger partial charge in [-0.15, -0.1) is 0 Å². The number of nitrogens with zero attached hydrogens (tertiary/aromatic N) is 2. The quantitative estimate of drug-likeness (QED) is 0.689. The first kappa shape index (κ1) is 20.0. The number of aromatic nitrogens is 1. The number of ketones is 1. The van der Waals surface area contributed by atoms with Gasteiger partial charge < -0.3 is 14.0 Å². The minimum absolute atomic E-state index is 0.107. The Kier molecular flexibility index (Phi) is 5.47. The van der Waals surface area contributed by atoms with Crippen molar-refractivity contribution in [3.05, 3.63) is 46.8 Å². The molecule has 1 atom stereocenters. The molecule has 28 heavy (non-hydrogen) atoms. The van der Waals surface area contributed by atoms with Gasteiger partial charge in [-0.2, -0.15) is 5.26 Å². The second-order valence-corrected chi connectivity index (χ2v) is 9.13. The van der Waals surface area contributed by atoms with Crippen molar-refractivity contribution in [1.82, 2.24) is 4.57 Å². The van der Waals surface area contributed by atoms with Crippen molar-refractivity contribution in [2.75, 3.05) is 25.2 Å².